The summed E-state index contributed by atoms with van der Waals surface area (Å²) in [4.78, 5) is 14.6. The first-order chi connectivity index (χ1) is 14.2. The van der Waals surface area contributed by atoms with Crippen molar-refractivity contribution < 1.29 is 9.53 Å². The van der Waals surface area contributed by atoms with Crippen LogP contribution in [-0.2, 0) is 11.3 Å². The maximum absolute atomic E-state index is 12.3. The van der Waals surface area contributed by atoms with Gasteiger partial charge < -0.3 is 15.0 Å². The number of anilines is 2. The molecule has 2 aromatic carbocycles. The maximum atomic E-state index is 12.3. The van der Waals surface area contributed by atoms with Gasteiger partial charge in [-0.2, -0.15) is 0 Å². The second kappa shape index (κ2) is 8.79. The summed E-state index contributed by atoms with van der Waals surface area (Å²) in [7, 11) is 0. The molecule has 0 saturated carbocycles. The van der Waals surface area contributed by atoms with Crippen molar-refractivity contribution in [1.82, 2.24) is 15.1 Å². The van der Waals surface area contributed by atoms with Gasteiger partial charge in [0.2, 0.25) is 0 Å². The van der Waals surface area contributed by atoms with Crippen LogP contribution in [0.3, 0.4) is 0 Å². The van der Waals surface area contributed by atoms with Crippen LogP contribution in [-0.4, -0.2) is 42.1 Å². The van der Waals surface area contributed by atoms with E-state index in [1.54, 1.807) is 4.68 Å². The van der Waals surface area contributed by atoms with Gasteiger partial charge >= 0.3 is 6.03 Å². The van der Waals surface area contributed by atoms with E-state index in [1.807, 2.05) is 55.6 Å². The Bertz CT molecular complexity index is 947. The standard InChI is InChI=1S/C22H25N5O2/c1-17-16-27(20-5-3-2-4-6-20)25-21(17)24-22(28)23-15-18-7-9-19(10-8-18)26-11-13-29-14-12-26/h2-10,16H,11-15H2,1H3,(H2,23,24,25,28). The van der Waals surface area contributed by atoms with Crippen LogP contribution in [0.1, 0.15) is 11.1 Å². The first kappa shape index (κ1) is 19.0. The summed E-state index contributed by atoms with van der Waals surface area (Å²) >= 11 is 0. The topological polar surface area (TPSA) is 71.4 Å². The Hall–Kier alpha value is -3.32. The van der Waals surface area contributed by atoms with Gasteiger partial charge in [-0.1, -0.05) is 30.3 Å². The fraction of sp³-hybridized carbons (Fsp3) is 0.273. The van der Waals surface area contributed by atoms with E-state index in [1.165, 1.54) is 5.69 Å². The average Bonchev–Trinajstić information content (AvgIpc) is 3.14. The molecule has 0 radical (unpaired) electrons. The van der Waals surface area contributed by atoms with E-state index < -0.39 is 0 Å². The van der Waals surface area contributed by atoms with Crippen molar-refractivity contribution in [2.24, 2.45) is 0 Å². The van der Waals surface area contributed by atoms with Crippen molar-refractivity contribution in [3.05, 3.63) is 71.9 Å². The van der Waals surface area contributed by atoms with E-state index in [0.717, 1.165) is 43.1 Å². The zero-order valence-electron chi connectivity index (χ0n) is 16.5. The Kier molecular flexibility index (Phi) is 5.76. The fourth-order valence-corrected chi connectivity index (χ4v) is 3.28. The summed E-state index contributed by atoms with van der Waals surface area (Å²) < 4.78 is 7.15. The summed E-state index contributed by atoms with van der Waals surface area (Å²) in [6.45, 7) is 5.73. The van der Waals surface area contributed by atoms with Crippen LogP contribution in [0.4, 0.5) is 16.3 Å². The molecule has 1 aromatic heterocycles. The number of aryl methyl sites for hydroxylation is 1. The van der Waals surface area contributed by atoms with Crippen LogP contribution in [0.2, 0.25) is 0 Å². The number of carbonyl (C=O) groups excluding carboxylic acids is 1. The number of rotatable bonds is 5. The number of urea groups is 1. The number of ether oxygens (including phenoxy) is 1. The lowest BCUT2D eigenvalue weighted by Crippen LogP contribution is -2.36. The van der Waals surface area contributed by atoms with E-state index in [9.17, 15) is 4.79 Å². The Morgan fingerprint density at radius 1 is 1.03 bits per heavy atom. The predicted molar refractivity (Wildman–Crippen MR) is 114 cm³/mol. The lowest BCUT2D eigenvalue weighted by atomic mass is 10.2. The van der Waals surface area contributed by atoms with Crippen LogP contribution in [0.5, 0.6) is 0 Å². The molecule has 3 aromatic rings. The SMILES string of the molecule is Cc1cn(-c2ccccc2)nc1NC(=O)NCc1ccc(N2CCOCC2)cc1. The maximum Gasteiger partial charge on any atom is 0.320 e. The van der Waals surface area contributed by atoms with Crippen LogP contribution in [0.15, 0.2) is 60.8 Å². The molecule has 0 atom stereocenters. The van der Waals surface area contributed by atoms with Crippen molar-refractivity contribution in [2.45, 2.75) is 13.5 Å². The highest BCUT2D eigenvalue weighted by Crippen LogP contribution is 2.17. The Labute approximate surface area is 170 Å². The molecule has 2 heterocycles. The molecule has 7 nitrogen and oxygen atoms in total. The normalized spacial score (nSPS) is 13.9. The van der Waals surface area contributed by atoms with Gasteiger partial charge in [-0.25, -0.2) is 9.48 Å². The summed E-state index contributed by atoms with van der Waals surface area (Å²) in [5.74, 6) is 0.550. The van der Waals surface area contributed by atoms with Gasteiger partial charge in [-0.05, 0) is 36.8 Å². The van der Waals surface area contributed by atoms with E-state index in [0.29, 0.717) is 12.4 Å². The average molecular weight is 391 g/mol. The van der Waals surface area contributed by atoms with Gasteiger partial charge in [0.15, 0.2) is 5.82 Å². The molecule has 1 aliphatic heterocycles. The molecule has 2 amide bonds. The van der Waals surface area contributed by atoms with E-state index >= 15 is 0 Å². The molecular weight excluding hydrogens is 366 g/mol. The molecule has 150 valence electrons. The molecule has 0 spiro atoms. The molecule has 1 fully saturated rings. The van der Waals surface area contributed by atoms with Gasteiger partial charge in [-0.15, -0.1) is 5.10 Å². The van der Waals surface area contributed by atoms with Crippen molar-refractivity contribution in [2.75, 3.05) is 36.5 Å². The summed E-state index contributed by atoms with van der Waals surface area (Å²) in [6, 6.07) is 17.8. The highest BCUT2D eigenvalue weighted by Gasteiger charge is 2.12. The monoisotopic (exact) mass is 391 g/mol. The molecule has 0 bridgehead atoms. The number of benzene rings is 2. The quantitative estimate of drug-likeness (QED) is 0.700. The van der Waals surface area contributed by atoms with E-state index in [-0.39, 0.29) is 6.03 Å². The lowest BCUT2D eigenvalue weighted by Gasteiger charge is -2.28. The third-order valence-electron chi connectivity index (χ3n) is 4.92. The molecule has 1 saturated heterocycles. The number of para-hydroxylation sites is 1. The van der Waals surface area contributed by atoms with Gasteiger partial charge in [0.25, 0.3) is 0 Å². The number of amides is 2. The summed E-state index contributed by atoms with van der Waals surface area (Å²) in [6.07, 6.45) is 1.90. The Morgan fingerprint density at radius 3 is 2.48 bits per heavy atom. The van der Waals surface area contributed by atoms with Crippen molar-refractivity contribution in [3.63, 3.8) is 0 Å². The molecule has 7 heteroatoms. The van der Waals surface area contributed by atoms with E-state index in [4.69, 9.17) is 4.74 Å². The first-order valence-electron chi connectivity index (χ1n) is 9.77. The number of nitrogens with one attached hydrogen (secondary N) is 2. The molecular formula is C22H25N5O2. The number of aromatic nitrogens is 2. The predicted octanol–water partition coefficient (Wildman–Crippen LogP) is 3.34. The zero-order chi connectivity index (χ0) is 20.1. The van der Waals surface area contributed by atoms with Crippen molar-refractivity contribution in [3.8, 4) is 5.69 Å². The molecule has 0 unspecified atom stereocenters. The van der Waals surface area contributed by atoms with Crippen LogP contribution in [0, 0.1) is 6.92 Å². The molecule has 1 aliphatic rings. The second-order valence-electron chi connectivity index (χ2n) is 7.01. The Morgan fingerprint density at radius 2 is 1.76 bits per heavy atom. The number of nitrogens with zero attached hydrogens (tertiary/aromatic N) is 3. The summed E-state index contributed by atoms with van der Waals surface area (Å²) in [5.41, 5.74) is 4.08. The van der Waals surface area contributed by atoms with Crippen molar-refractivity contribution in [1.29, 1.82) is 0 Å². The minimum Gasteiger partial charge on any atom is -0.378 e. The lowest BCUT2D eigenvalue weighted by molar-refractivity contribution is 0.122. The second-order valence-corrected chi connectivity index (χ2v) is 7.01. The third kappa shape index (κ3) is 4.75. The van der Waals surface area contributed by atoms with Gasteiger partial charge in [-0.3, -0.25) is 5.32 Å². The van der Waals surface area contributed by atoms with Gasteiger partial charge in [0.1, 0.15) is 0 Å². The van der Waals surface area contributed by atoms with Gasteiger partial charge in [0.05, 0.1) is 18.9 Å². The Balaban J connectivity index is 1.32. The van der Waals surface area contributed by atoms with Crippen molar-refractivity contribution >= 4 is 17.5 Å². The minimum absolute atomic E-state index is 0.274. The largest absolute Gasteiger partial charge is 0.378 e. The highest BCUT2D eigenvalue weighted by molar-refractivity contribution is 5.88. The first-order valence-corrected chi connectivity index (χ1v) is 9.77. The van der Waals surface area contributed by atoms with E-state index in [2.05, 4.69) is 32.8 Å². The van der Waals surface area contributed by atoms with Gasteiger partial charge in [0, 0.05) is 37.1 Å². The van der Waals surface area contributed by atoms with Crippen LogP contribution < -0.4 is 15.5 Å². The molecule has 4 rings (SSSR count). The third-order valence-corrected chi connectivity index (χ3v) is 4.92. The highest BCUT2D eigenvalue weighted by atomic mass is 16.5. The number of hydrogen-bond acceptors (Lipinski definition) is 4. The number of carbonyl (C=O) groups is 1. The molecule has 29 heavy (non-hydrogen) atoms. The summed E-state index contributed by atoms with van der Waals surface area (Å²) in [5, 5.41) is 10.2. The smallest absolute Gasteiger partial charge is 0.320 e. The molecule has 0 aliphatic carbocycles. The number of morpholine rings is 1. The molecule has 2 N–H and O–H groups in total. The number of hydrogen-bond donors (Lipinski definition) is 2. The minimum atomic E-state index is -0.274. The fourth-order valence-electron chi connectivity index (χ4n) is 3.28. The zero-order valence-corrected chi connectivity index (χ0v) is 16.5. The van der Waals surface area contributed by atoms with Crippen LogP contribution in [0.25, 0.3) is 5.69 Å². The van der Waals surface area contributed by atoms with Crippen LogP contribution >= 0.6 is 0 Å².